The van der Waals surface area contributed by atoms with Crippen LogP contribution in [0.3, 0.4) is 0 Å². The zero-order valence-electron chi connectivity index (χ0n) is 7.57. The van der Waals surface area contributed by atoms with E-state index in [0.717, 1.165) is 10.4 Å². The molecular weight excluding hydrogens is 230 g/mol. The lowest BCUT2D eigenvalue weighted by atomic mass is 9.92. The molecule has 1 fully saturated rings. The lowest BCUT2D eigenvalue weighted by Crippen LogP contribution is -2.38. The number of anilines is 1. The van der Waals surface area contributed by atoms with E-state index in [4.69, 9.17) is 0 Å². The molecule has 0 atom stereocenters. The molecular formula is C9H12BrN3. The monoisotopic (exact) mass is 241 g/mol. The standard InChI is InChI=1S/C9H12BrN3/c1-13(8-3-2-4-8)9-11-5-7(10)6-12-9/h5-6,8H,2-4H2,1H3. The molecule has 0 spiro atoms. The molecule has 70 valence electrons. The highest BCUT2D eigenvalue weighted by Gasteiger charge is 2.23. The van der Waals surface area contributed by atoms with Crippen molar-refractivity contribution in [2.75, 3.05) is 11.9 Å². The van der Waals surface area contributed by atoms with Gasteiger partial charge in [0.15, 0.2) is 0 Å². The minimum absolute atomic E-state index is 0.654. The average Bonchev–Trinajstić information content (AvgIpc) is 2.02. The fourth-order valence-corrected chi connectivity index (χ4v) is 1.63. The maximum Gasteiger partial charge on any atom is 0.225 e. The summed E-state index contributed by atoms with van der Waals surface area (Å²) in [5.74, 6) is 0.827. The Hall–Kier alpha value is -0.640. The van der Waals surface area contributed by atoms with Gasteiger partial charge in [0, 0.05) is 25.5 Å². The first kappa shape index (κ1) is 8.94. The fourth-order valence-electron chi connectivity index (χ4n) is 1.42. The van der Waals surface area contributed by atoms with Crippen molar-refractivity contribution >= 4 is 21.9 Å². The Kier molecular flexibility index (Phi) is 2.49. The van der Waals surface area contributed by atoms with Crippen molar-refractivity contribution in [2.45, 2.75) is 25.3 Å². The van der Waals surface area contributed by atoms with Crippen LogP contribution < -0.4 is 4.90 Å². The third kappa shape index (κ3) is 1.82. The van der Waals surface area contributed by atoms with Crippen LogP contribution in [0, 0.1) is 0 Å². The molecule has 0 N–H and O–H groups in total. The summed E-state index contributed by atoms with van der Waals surface area (Å²) in [5.41, 5.74) is 0. The normalized spacial score (nSPS) is 16.8. The third-order valence-electron chi connectivity index (χ3n) is 2.54. The van der Waals surface area contributed by atoms with Crippen molar-refractivity contribution in [3.05, 3.63) is 16.9 Å². The van der Waals surface area contributed by atoms with Crippen molar-refractivity contribution in [3.63, 3.8) is 0 Å². The second kappa shape index (κ2) is 3.62. The molecule has 4 heteroatoms. The summed E-state index contributed by atoms with van der Waals surface area (Å²) >= 11 is 3.32. The number of hydrogen-bond donors (Lipinski definition) is 0. The van der Waals surface area contributed by atoms with E-state index in [-0.39, 0.29) is 0 Å². The van der Waals surface area contributed by atoms with Crippen molar-refractivity contribution in [3.8, 4) is 0 Å². The van der Waals surface area contributed by atoms with Gasteiger partial charge in [-0.3, -0.25) is 0 Å². The molecule has 0 amide bonds. The molecule has 1 aliphatic carbocycles. The van der Waals surface area contributed by atoms with Gasteiger partial charge >= 0.3 is 0 Å². The van der Waals surface area contributed by atoms with Gasteiger partial charge in [-0.25, -0.2) is 9.97 Å². The molecule has 13 heavy (non-hydrogen) atoms. The van der Waals surface area contributed by atoms with E-state index < -0.39 is 0 Å². The zero-order chi connectivity index (χ0) is 9.26. The molecule has 0 bridgehead atoms. The van der Waals surface area contributed by atoms with E-state index in [2.05, 4.69) is 37.8 Å². The second-order valence-corrected chi connectivity index (χ2v) is 4.31. The Labute approximate surface area is 86.3 Å². The lowest BCUT2D eigenvalue weighted by molar-refractivity contribution is 0.397. The van der Waals surface area contributed by atoms with Gasteiger partial charge in [0.25, 0.3) is 0 Å². The summed E-state index contributed by atoms with van der Waals surface area (Å²) in [6, 6.07) is 0.654. The quantitative estimate of drug-likeness (QED) is 0.796. The molecule has 1 aliphatic rings. The number of hydrogen-bond acceptors (Lipinski definition) is 3. The summed E-state index contributed by atoms with van der Waals surface area (Å²) in [7, 11) is 2.06. The van der Waals surface area contributed by atoms with Crippen LogP contribution in [0.1, 0.15) is 19.3 Å². The Balaban J connectivity index is 2.10. The van der Waals surface area contributed by atoms with Crippen LogP contribution in [0.5, 0.6) is 0 Å². The maximum atomic E-state index is 4.25. The van der Waals surface area contributed by atoms with E-state index >= 15 is 0 Å². The van der Waals surface area contributed by atoms with Crippen LogP contribution in [0.15, 0.2) is 16.9 Å². The van der Waals surface area contributed by atoms with E-state index in [1.165, 1.54) is 19.3 Å². The summed E-state index contributed by atoms with van der Waals surface area (Å²) in [5, 5.41) is 0. The van der Waals surface area contributed by atoms with Crippen molar-refractivity contribution in [2.24, 2.45) is 0 Å². The predicted octanol–water partition coefficient (Wildman–Crippen LogP) is 2.23. The molecule has 0 radical (unpaired) electrons. The SMILES string of the molecule is CN(c1ncc(Br)cn1)C1CCC1. The van der Waals surface area contributed by atoms with Crippen molar-refractivity contribution < 1.29 is 0 Å². The first-order chi connectivity index (χ1) is 6.27. The van der Waals surface area contributed by atoms with Gasteiger partial charge in [-0.05, 0) is 35.2 Å². The van der Waals surface area contributed by atoms with Gasteiger partial charge in [0.05, 0.1) is 4.47 Å². The molecule has 0 aliphatic heterocycles. The van der Waals surface area contributed by atoms with Crippen LogP contribution in [-0.2, 0) is 0 Å². The van der Waals surface area contributed by atoms with E-state index in [0.29, 0.717) is 6.04 Å². The van der Waals surface area contributed by atoms with E-state index in [9.17, 15) is 0 Å². The molecule has 0 aromatic carbocycles. The Bertz CT molecular complexity index is 281. The van der Waals surface area contributed by atoms with Gasteiger partial charge < -0.3 is 4.90 Å². The number of nitrogens with zero attached hydrogens (tertiary/aromatic N) is 3. The maximum absolute atomic E-state index is 4.25. The summed E-state index contributed by atoms with van der Waals surface area (Å²) < 4.78 is 0.929. The molecule has 1 aromatic rings. The molecule has 2 rings (SSSR count). The Morgan fingerprint density at radius 2 is 2.00 bits per heavy atom. The highest BCUT2D eigenvalue weighted by atomic mass is 79.9. The summed E-state index contributed by atoms with van der Waals surface area (Å²) in [6.07, 6.45) is 7.46. The smallest absolute Gasteiger partial charge is 0.225 e. The number of aromatic nitrogens is 2. The van der Waals surface area contributed by atoms with Crippen LogP contribution in [0.25, 0.3) is 0 Å². The van der Waals surface area contributed by atoms with Crippen LogP contribution in [-0.4, -0.2) is 23.1 Å². The van der Waals surface area contributed by atoms with Gasteiger partial charge in [-0.1, -0.05) is 0 Å². The minimum atomic E-state index is 0.654. The summed E-state index contributed by atoms with van der Waals surface area (Å²) in [6.45, 7) is 0. The fraction of sp³-hybridized carbons (Fsp3) is 0.556. The first-order valence-electron chi connectivity index (χ1n) is 4.48. The second-order valence-electron chi connectivity index (χ2n) is 3.40. The summed E-state index contributed by atoms with van der Waals surface area (Å²) in [4.78, 5) is 10.7. The Morgan fingerprint density at radius 3 is 2.46 bits per heavy atom. The predicted molar refractivity (Wildman–Crippen MR) is 55.8 cm³/mol. The van der Waals surface area contributed by atoms with Gasteiger partial charge in [-0.15, -0.1) is 0 Å². The largest absolute Gasteiger partial charge is 0.341 e. The van der Waals surface area contributed by atoms with Crippen LogP contribution >= 0.6 is 15.9 Å². The van der Waals surface area contributed by atoms with Crippen LogP contribution in [0.2, 0.25) is 0 Å². The number of rotatable bonds is 2. The highest BCUT2D eigenvalue weighted by Crippen LogP contribution is 2.26. The van der Waals surface area contributed by atoms with Crippen LogP contribution in [0.4, 0.5) is 5.95 Å². The van der Waals surface area contributed by atoms with Gasteiger partial charge in [-0.2, -0.15) is 0 Å². The molecule has 0 unspecified atom stereocenters. The Morgan fingerprint density at radius 1 is 1.38 bits per heavy atom. The minimum Gasteiger partial charge on any atom is -0.341 e. The highest BCUT2D eigenvalue weighted by molar-refractivity contribution is 9.10. The lowest BCUT2D eigenvalue weighted by Gasteiger charge is -2.34. The molecule has 0 saturated heterocycles. The first-order valence-corrected chi connectivity index (χ1v) is 5.27. The molecule has 1 aromatic heterocycles. The zero-order valence-corrected chi connectivity index (χ0v) is 9.16. The number of halogens is 1. The van der Waals surface area contributed by atoms with Gasteiger partial charge in [0.2, 0.25) is 5.95 Å². The van der Waals surface area contributed by atoms with E-state index in [1.54, 1.807) is 12.4 Å². The average molecular weight is 242 g/mol. The molecule has 1 heterocycles. The molecule has 1 saturated carbocycles. The van der Waals surface area contributed by atoms with Crippen molar-refractivity contribution in [1.29, 1.82) is 0 Å². The van der Waals surface area contributed by atoms with Crippen molar-refractivity contribution in [1.82, 2.24) is 9.97 Å². The van der Waals surface area contributed by atoms with Gasteiger partial charge in [0.1, 0.15) is 0 Å². The topological polar surface area (TPSA) is 29.0 Å². The van der Waals surface area contributed by atoms with E-state index in [1.807, 2.05) is 0 Å². The molecule has 3 nitrogen and oxygen atoms in total. The third-order valence-corrected chi connectivity index (χ3v) is 2.95.